The van der Waals surface area contributed by atoms with E-state index in [2.05, 4.69) is 5.48 Å². The third-order valence-corrected chi connectivity index (χ3v) is 4.92. The van der Waals surface area contributed by atoms with Crippen molar-refractivity contribution in [3.05, 3.63) is 42.0 Å². The average Bonchev–Trinajstić information content (AvgIpc) is 2.88. The molecule has 20 heavy (non-hydrogen) atoms. The van der Waals surface area contributed by atoms with Gasteiger partial charge in [0.2, 0.25) is 0 Å². The van der Waals surface area contributed by atoms with Crippen molar-refractivity contribution in [1.82, 2.24) is 5.48 Å². The minimum absolute atomic E-state index is 0.206. The molecular formula is C14H20NO4P. The van der Waals surface area contributed by atoms with Crippen LogP contribution in [-0.2, 0) is 18.5 Å². The summed E-state index contributed by atoms with van der Waals surface area (Å²) in [6, 6.07) is 9.83. The quantitative estimate of drug-likeness (QED) is 0.783. The molecule has 0 spiro atoms. The summed E-state index contributed by atoms with van der Waals surface area (Å²) >= 11 is 0. The van der Waals surface area contributed by atoms with Gasteiger partial charge in [0.05, 0.1) is 25.1 Å². The Morgan fingerprint density at radius 3 is 2.45 bits per heavy atom. The van der Waals surface area contributed by atoms with Crippen LogP contribution in [0.1, 0.15) is 19.4 Å². The number of hydrogen-bond acceptors (Lipinski definition) is 5. The van der Waals surface area contributed by atoms with Gasteiger partial charge in [-0.15, -0.1) is 0 Å². The highest BCUT2D eigenvalue weighted by Gasteiger charge is 2.31. The molecule has 0 aliphatic carbocycles. The van der Waals surface area contributed by atoms with E-state index in [-0.39, 0.29) is 12.3 Å². The van der Waals surface area contributed by atoms with Crippen molar-refractivity contribution in [3.63, 3.8) is 0 Å². The number of nitrogens with one attached hydrogen (secondary N) is 1. The van der Waals surface area contributed by atoms with Gasteiger partial charge in [-0.25, -0.2) is 0 Å². The third-order valence-electron chi connectivity index (χ3n) is 2.81. The molecular weight excluding hydrogens is 277 g/mol. The fraction of sp³-hybridized carbons (Fsp3) is 0.429. The van der Waals surface area contributed by atoms with E-state index in [4.69, 9.17) is 13.9 Å². The summed E-state index contributed by atoms with van der Waals surface area (Å²) in [6.45, 7) is 4.30. The Morgan fingerprint density at radius 2 is 1.85 bits per heavy atom. The molecule has 1 aromatic rings. The van der Waals surface area contributed by atoms with E-state index < -0.39 is 7.60 Å². The molecule has 0 saturated heterocycles. The molecule has 1 N–H and O–H groups in total. The van der Waals surface area contributed by atoms with Gasteiger partial charge in [-0.05, 0) is 25.5 Å². The average molecular weight is 297 g/mol. The number of rotatable bonds is 7. The van der Waals surface area contributed by atoms with Gasteiger partial charge in [0, 0.05) is 0 Å². The van der Waals surface area contributed by atoms with Crippen molar-refractivity contribution in [2.45, 2.75) is 20.0 Å². The third kappa shape index (κ3) is 3.93. The lowest BCUT2D eigenvalue weighted by atomic mass is 10.1. The highest BCUT2D eigenvalue weighted by Crippen LogP contribution is 2.49. The second kappa shape index (κ2) is 7.04. The Bertz CT molecular complexity index is 493. The highest BCUT2D eigenvalue weighted by molar-refractivity contribution is 7.53. The lowest BCUT2D eigenvalue weighted by molar-refractivity contribution is 0.0593. The van der Waals surface area contributed by atoms with E-state index >= 15 is 0 Å². The van der Waals surface area contributed by atoms with Crippen molar-refractivity contribution >= 4 is 13.3 Å². The molecule has 0 bridgehead atoms. The van der Waals surface area contributed by atoms with Crippen molar-refractivity contribution in [3.8, 4) is 0 Å². The van der Waals surface area contributed by atoms with Crippen molar-refractivity contribution in [2.24, 2.45) is 0 Å². The van der Waals surface area contributed by atoms with E-state index in [0.29, 0.717) is 13.2 Å². The van der Waals surface area contributed by atoms with Crippen molar-refractivity contribution < 1.29 is 18.5 Å². The predicted octanol–water partition coefficient (Wildman–Crippen LogP) is 3.20. The summed E-state index contributed by atoms with van der Waals surface area (Å²) in [5.41, 5.74) is 4.75. The van der Waals surface area contributed by atoms with Crippen LogP contribution in [0.5, 0.6) is 0 Å². The molecule has 0 fully saturated rings. The monoisotopic (exact) mass is 297 g/mol. The molecule has 110 valence electrons. The normalized spacial score (nSPS) is 18.7. The van der Waals surface area contributed by atoms with Gasteiger partial charge in [-0.2, -0.15) is 0 Å². The van der Waals surface area contributed by atoms with Crippen LogP contribution in [-0.4, -0.2) is 25.5 Å². The summed E-state index contributed by atoms with van der Waals surface area (Å²) in [4.78, 5) is 5.43. The number of benzene rings is 1. The second-order valence-electron chi connectivity index (χ2n) is 4.33. The van der Waals surface area contributed by atoms with Crippen molar-refractivity contribution in [1.29, 1.82) is 0 Å². The summed E-state index contributed by atoms with van der Waals surface area (Å²) in [6.07, 6.45) is 1.78. The standard InChI is InChI=1S/C14H20NO4P/c1-3-17-20(16,18-4-2)11-13-10-14(15-19-13)12-8-6-5-7-9-12/h5-10,13,15H,3-4,11H2,1-2H3. The first-order chi connectivity index (χ1) is 9.67. The van der Waals surface area contributed by atoms with Crippen LogP contribution in [0.2, 0.25) is 0 Å². The van der Waals surface area contributed by atoms with Gasteiger partial charge in [0.25, 0.3) is 0 Å². The molecule has 1 heterocycles. The van der Waals surface area contributed by atoms with E-state index in [0.717, 1.165) is 11.3 Å². The fourth-order valence-electron chi connectivity index (χ4n) is 2.01. The topological polar surface area (TPSA) is 56.8 Å². The molecule has 1 atom stereocenters. The highest BCUT2D eigenvalue weighted by atomic mass is 31.2. The summed E-state index contributed by atoms with van der Waals surface area (Å²) in [5, 5.41) is 0. The van der Waals surface area contributed by atoms with E-state index in [1.165, 1.54) is 0 Å². The molecule has 0 amide bonds. The van der Waals surface area contributed by atoms with Gasteiger partial charge in [0.1, 0.15) is 6.10 Å². The molecule has 6 heteroatoms. The van der Waals surface area contributed by atoms with E-state index in [9.17, 15) is 4.57 Å². The molecule has 5 nitrogen and oxygen atoms in total. The molecule has 2 rings (SSSR count). The molecule has 1 aliphatic rings. The Hall–Kier alpha value is -1.13. The van der Waals surface area contributed by atoms with Gasteiger partial charge in [-0.3, -0.25) is 14.9 Å². The first kappa shape index (κ1) is 15.3. The van der Waals surface area contributed by atoms with Crippen LogP contribution in [0.15, 0.2) is 36.4 Å². The maximum absolute atomic E-state index is 12.4. The first-order valence-corrected chi connectivity index (χ1v) is 8.46. The second-order valence-corrected chi connectivity index (χ2v) is 6.44. The molecule has 0 aromatic heterocycles. The first-order valence-electron chi connectivity index (χ1n) is 6.74. The lowest BCUT2D eigenvalue weighted by Gasteiger charge is -2.18. The predicted molar refractivity (Wildman–Crippen MR) is 78.2 cm³/mol. The van der Waals surface area contributed by atoms with Gasteiger partial charge in [0.15, 0.2) is 0 Å². The number of hydroxylamine groups is 1. The van der Waals surface area contributed by atoms with Gasteiger partial charge >= 0.3 is 7.60 Å². The minimum atomic E-state index is -3.10. The zero-order valence-electron chi connectivity index (χ0n) is 11.7. The van der Waals surface area contributed by atoms with Crippen LogP contribution in [0.4, 0.5) is 0 Å². The minimum Gasteiger partial charge on any atom is -0.309 e. The lowest BCUT2D eigenvalue weighted by Crippen LogP contribution is -2.17. The SMILES string of the molecule is CCOP(=O)(CC1C=C(c2ccccc2)NO1)OCC. The summed E-state index contributed by atoms with van der Waals surface area (Å²) < 4.78 is 23.0. The maximum atomic E-state index is 12.4. The summed E-state index contributed by atoms with van der Waals surface area (Å²) in [7, 11) is -3.10. The molecule has 0 radical (unpaired) electrons. The van der Waals surface area contributed by atoms with Gasteiger partial charge < -0.3 is 9.05 Å². The van der Waals surface area contributed by atoms with E-state index in [1.54, 1.807) is 13.8 Å². The van der Waals surface area contributed by atoms with Gasteiger partial charge in [-0.1, -0.05) is 30.3 Å². The van der Waals surface area contributed by atoms with Crippen LogP contribution >= 0.6 is 7.60 Å². The Kier molecular flexibility index (Phi) is 5.38. The number of hydrogen-bond donors (Lipinski definition) is 1. The smallest absolute Gasteiger partial charge is 0.309 e. The molecule has 1 aliphatic heterocycles. The molecule has 1 unspecified atom stereocenters. The Balaban J connectivity index is 2.04. The van der Waals surface area contributed by atoms with Crippen LogP contribution in [0.3, 0.4) is 0 Å². The molecule has 0 saturated carbocycles. The van der Waals surface area contributed by atoms with Crippen LogP contribution < -0.4 is 5.48 Å². The summed E-state index contributed by atoms with van der Waals surface area (Å²) in [5.74, 6) is 0. The van der Waals surface area contributed by atoms with Crippen LogP contribution in [0, 0.1) is 0 Å². The Labute approximate surface area is 119 Å². The molecule has 1 aromatic carbocycles. The zero-order chi connectivity index (χ0) is 14.4. The van der Waals surface area contributed by atoms with Crippen molar-refractivity contribution in [2.75, 3.05) is 19.4 Å². The zero-order valence-corrected chi connectivity index (χ0v) is 12.6. The fourth-order valence-corrected chi connectivity index (χ4v) is 3.71. The van der Waals surface area contributed by atoms with E-state index in [1.807, 2.05) is 36.4 Å². The maximum Gasteiger partial charge on any atom is 0.333 e. The largest absolute Gasteiger partial charge is 0.333 e. The Morgan fingerprint density at radius 1 is 1.20 bits per heavy atom. The van der Waals surface area contributed by atoms with Crippen LogP contribution in [0.25, 0.3) is 5.70 Å².